The largest absolute Gasteiger partial charge is 0.360 e. The maximum atomic E-state index is 2.52. The number of aryl methyl sites for hydroxylation is 8. The minimum atomic E-state index is 0.387. The summed E-state index contributed by atoms with van der Waals surface area (Å²) in [5, 5.41) is 0. The second-order valence-corrected chi connectivity index (χ2v) is 35.6. The Morgan fingerprint density at radius 2 is 0.540 bits per heavy atom. The number of pyridine rings is 6. The van der Waals surface area contributed by atoms with E-state index in [-0.39, 0.29) is 0 Å². The monoisotopic (exact) mass is 1640 g/mol. The standard InChI is InChI=1S/C39H43N4.C38H41N4.C35H41N4/c1-26(2)30-18-14-19-31(27(3)4)38(30)43-35-21-13-12-20-33(35)42(8)39(43)36-23-15-22-34(41(36)7)37-24-28(5)32(25-40(37)6)29-16-10-9-11-17-29;1-26(2)30-17-13-18-31(27(3)4)37(30)42-35-20-12-11-19-34(35)41(7)38(42)36-22-14-21-33(40(36)6)32-24-23-29(25-39(32)5)28-15-9-8-10-16-28;1-24(2)28-16-12-17-29(25(3)4)34(28)39-21-20-36(6)35(39)32-19-13-18-31(38(32)8)33-22-26(5)30(23-37(33)7)27-14-10-9-11-15-27/h9-27H,1-8H3;8-27H,1-7H3;9-25H,1-8H3/q3*+3. The highest BCUT2D eigenvalue weighted by Gasteiger charge is 2.41. The summed E-state index contributed by atoms with van der Waals surface area (Å²) in [5.41, 5.74) is 37.4. The molecular weight excluding hydrogens is 1510 g/mol. The lowest BCUT2D eigenvalue weighted by Crippen LogP contribution is -2.43. The minimum absolute atomic E-state index is 0.387. The summed E-state index contributed by atoms with van der Waals surface area (Å²) in [6.07, 6.45) is 11.1. The number of hydrogen-bond acceptors (Lipinski definition) is 0. The van der Waals surface area contributed by atoms with Gasteiger partial charge >= 0.3 is 17.5 Å². The molecular formula is C112H125N12+9. The zero-order valence-electron chi connectivity index (χ0n) is 77.2. The molecule has 624 valence electrons. The maximum absolute atomic E-state index is 2.52. The summed E-state index contributed by atoms with van der Waals surface area (Å²) < 4.78 is 28.2. The highest BCUT2D eigenvalue weighted by atomic mass is 15.2. The molecule has 0 atom stereocenters. The first-order valence-corrected chi connectivity index (χ1v) is 44.3. The van der Waals surface area contributed by atoms with Gasteiger partial charge in [0.2, 0.25) is 0 Å². The average Bonchev–Trinajstić information content (AvgIpc) is 1.57. The minimum Gasteiger partial charge on any atom is -0.227 e. The smallest absolute Gasteiger partial charge is 0.227 e. The van der Waals surface area contributed by atoms with Gasteiger partial charge in [0, 0.05) is 105 Å². The maximum Gasteiger partial charge on any atom is 0.360 e. The number of aromatic nitrogens is 12. The Bertz CT molecular complexity index is 6730. The molecule has 17 aromatic rings. The van der Waals surface area contributed by atoms with Crippen LogP contribution < -0.4 is 41.1 Å². The Morgan fingerprint density at radius 1 is 0.234 bits per heavy atom. The lowest BCUT2D eigenvalue weighted by molar-refractivity contribution is -0.697. The molecule has 0 bridgehead atoms. The molecule has 0 amide bonds. The van der Waals surface area contributed by atoms with Crippen molar-refractivity contribution in [3.63, 3.8) is 0 Å². The lowest BCUT2D eigenvalue weighted by atomic mass is 9.92. The average molecular weight is 1640 g/mol. The summed E-state index contributed by atoms with van der Waals surface area (Å²) in [5.74, 6) is 5.89. The zero-order chi connectivity index (χ0) is 87.8. The molecule has 0 spiro atoms. The fraction of sp³-hybridized carbons (Fsp3) is 0.259. The van der Waals surface area contributed by atoms with Crippen LogP contribution in [0.3, 0.4) is 0 Å². The predicted molar refractivity (Wildman–Crippen MR) is 506 cm³/mol. The Labute approximate surface area is 735 Å². The molecule has 12 nitrogen and oxygen atoms in total. The molecule has 0 radical (unpaired) electrons. The summed E-state index contributed by atoms with van der Waals surface area (Å²) >= 11 is 0. The van der Waals surface area contributed by atoms with E-state index in [4.69, 9.17) is 0 Å². The van der Waals surface area contributed by atoms with E-state index < -0.39 is 0 Å². The molecule has 124 heavy (non-hydrogen) atoms. The van der Waals surface area contributed by atoms with Crippen LogP contribution >= 0.6 is 0 Å². The van der Waals surface area contributed by atoms with Gasteiger partial charge in [-0.05, 0) is 126 Å². The highest BCUT2D eigenvalue weighted by molar-refractivity contribution is 5.82. The van der Waals surface area contributed by atoms with E-state index in [0.717, 1.165) is 34.3 Å². The van der Waals surface area contributed by atoms with E-state index in [1.165, 1.54) is 151 Å². The van der Waals surface area contributed by atoms with Crippen molar-refractivity contribution in [1.29, 1.82) is 0 Å². The number of para-hydroxylation sites is 7. The molecule has 0 saturated carbocycles. The molecule has 0 aliphatic heterocycles. The van der Waals surface area contributed by atoms with Crippen molar-refractivity contribution in [2.75, 3.05) is 0 Å². The van der Waals surface area contributed by atoms with Crippen LogP contribution in [0, 0.1) is 13.8 Å². The van der Waals surface area contributed by atoms with Crippen molar-refractivity contribution < 1.29 is 41.1 Å². The zero-order valence-corrected chi connectivity index (χ0v) is 77.2. The number of rotatable bonds is 18. The van der Waals surface area contributed by atoms with Gasteiger partial charge in [-0.15, -0.1) is 0 Å². The summed E-state index contributed by atoms with van der Waals surface area (Å²) in [7, 11) is 19.5. The third-order valence-corrected chi connectivity index (χ3v) is 25.3. The van der Waals surface area contributed by atoms with E-state index in [0.29, 0.717) is 35.5 Å². The molecule has 9 aromatic heterocycles. The molecule has 0 unspecified atom stereocenters. The fourth-order valence-electron chi connectivity index (χ4n) is 18.7. The quantitative estimate of drug-likeness (QED) is 0.0769. The Kier molecular flexibility index (Phi) is 25.0. The SMILES string of the molecule is CC(C)c1cccc(C(C)C)c1-n1c(-c2cccc(-c3ccc(-c4ccccc4)c[n+]3C)[n+]2C)[n+](C)c2ccccc21.Cc1cc(-c2cccc(-c3n(-c4c(C(C)C)cccc4C(C)C)c4ccccc4[n+]3C)[n+]2C)[n+](C)cc1-c1ccccc1.Cc1cc(-c2cccc(-c3n(-c4c(C(C)C)cccc4C(C)C)cc[n+]3C)[n+]2C)[n+](C)cc1-c1ccccc1. The van der Waals surface area contributed by atoms with Gasteiger partial charge in [0.25, 0.3) is 51.2 Å². The van der Waals surface area contributed by atoms with Gasteiger partial charge in [0.05, 0.1) is 21.1 Å². The van der Waals surface area contributed by atoms with Crippen LogP contribution in [0.4, 0.5) is 0 Å². The third kappa shape index (κ3) is 16.3. The van der Waals surface area contributed by atoms with Crippen LogP contribution in [-0.2, 0) is 63.4 Å². The van der Waals surface area contributed by atoms with E-state index in [1.807, 2.05) is 0 Å². The van der Waals surface area contributed by atoms with Gasteiger partial charge < -0.3 is 0 Å². The van der Waals surface area contributed by atoms with Crippen LogP contribution in [0.5, 0.6) is 0 Å². The van der Waals surface area contributed by atoms with Crippen LogP contribution in [0.1, 0.15) is 163 Å². The second kappa shape index (κ2) is 36.1. The number of fused-ring (bicyclic) bond motifs is 2. The second-order valence-electron chi connectivity index (χ2n) is 35.6. The number of benzene rings is 8. The Hall–Kier alpha value is -13.2. The van der Waals surface area contributed by atoms with Gasteiger partial charge in [-0.25, -0.2) is 13.7 Å². The topological polar surface area (TPSA) is 49.7 Å². The van der Waals surface area contributed by atoms with Crippen LogP contribution in [0.2, 0.25) is 0 Å². The normalized spacial score (nSPS) is 11.6. The molecule has 17 rings (SSSR count). The first-order chi connectivity index (χ1) is 59.6. The molecule has 9 heterocycles. The van der Waals surface area contributed by atoms with Crippen molar-refractivity contribution in [3.8, 4) is 119 Å². The number of nitrogens with zero attached hydrogens (tertiary/aromatic N) is 12. The first-order valence-electron chi connectivity index (χ1n) is 44.3. The van der Waals surface area contributed by atoms with E-state index in [1.54, 1.807) is 0 Å². The highest BCUT2D eigenvalue weighted by Crippen LogP contribution is 2.41. The summed E-state index contributed by atoms with van der Waals surface area (Å²) in [6, 6.07) is 98.9. The molecule has 8 aromatic carbocycles. The van der Waals surface area contributed by atoms with Crippen molar-refractivity contribution in [2.24, 2.45) is 63.4 Å². The Balaban J connectivity index is 0.000000144. The van der Waals surface area contributed by atoms with Gasteiger partial charge in [-0.3, -0.25) is 0 Å². The molecule has 0 aliphatic rings. The van der Waals surface area contributed by atoms with Crippen molar-refractivity contribution in [3.05, 3.63) is 348 Å². The lowest BCUT2D eigenvalue weighted by Gasteiger charge is -2.18. The van der Waals surface area contributed by atoms with Gasteiger partial charge in [0.15, 0.2) is 40.7 Å². The van der Waals surface area contributed by atoms with E-state index >= 15 is 0 Å². The first kappa shape index (κ1) is 85.8. The van der Waals surface area contributed by atoms with Crippen molar-refractivity contribution in [2.45, 2.75) is 132 Å². The van der Waals surface area contributed by atoms with E-state index in [9.17, 15) is 0 Å². The van der Waals surface area contributed by atoms with Crippen molar-refractivity contribution >= 4 is 22.1 Å². The fourth-order valence-corrected chi connectivity index (χ4v) is 18.7. The van der Waals surface area contributed by atoms with Gasteiger partial charge in [0.1, 0.15) is 71.7 Å². The van der Waals surface area contributed by atoms with Crippen LogP contribution in [0.15, 0.2) is 304 Å². The molecule has 0 saturated heterocycles. The van der Waals surface area contributed by atoms with Crippen LogP contribution in [0.25, 0.3) is 141 Å². The van der Waals surface area contributed by atoms with Crippen LogP contribution in [-0.4, -0.2) is 13.7 Å². The van der Waals surface area contributed by atoms with Gasteiger partial charge in [-0.2, -0.15) is 41.1 Å². The molecule has 0 aliphatic carbocycles. The summed E-state index contributed by atoms with van der Waals surface area (Å²) in [4.78, 5) is 0. The molecule has 0 N–H and O–H groups in total. The van der Waals surface area contributed by atoms with E-state index in [2.05, 4.69) is 519 Å². The Morgan fingerprint density at radius 3 is 0.903 bits per heavy atom. The number of hydrogen-bond donors (Lipinski definition) is 0. The molecule has 12 heteroatoms. The summed E-state index contributed by atoms with van der Waals surface area (Å²) in [6.45, 7) is 32.0. The number of imidazole rings is 3. The third-order valence-electron chi connectivity index (χ3n) is 25.3. The van der Waals surface area contributed by atoms with Gasteiger partial charge in [-0.1, -0.05) is 253 Å². The predicted octanol–water partition coefficient (Wildman–Crippen LogP) is 21.5. The molecule has 0 fully saturated rings. The van der Waals surface area contributed by atoms with Crippen molar-refractivity contribution in [1.82, 2.24) is 13.7 Å².